The van der Waals surface area contributed by atoms with E-state index in [4.69, 9.17) is 9.41 Å². The average molecular weight is 456 g/mol. The van der Waals surface area contributed by atoms with Gasteiger partial charge in [0.2, 0.25) is 0 Å². The van der Waals surface area contributed by atoms with Crippen molar-refractivity contribution >= 4 is 20.7 Å². The van der Waals surface area contributed by atoms with Gasteiger partial charge in [-0.15, -0.1) is 0 Å². The van der Waals surface area contributed by atoms with E-state index in [0.29, 0.717) is 6.61 Å². The van der Waals surface area contributed by atoms with Crippen LogP contribution in [0.5, 0.6) is 0 Å². The second kappa shape index (κ2) is 10.2. The Morgan fingerprint density at radius 3 is 2.06 bits per heavy atom. The molecule has 1 aromatic heterocycles. The van der Waals surface area contributed by atoms with Crippen LogP contribution in [0.1, 0.15) is 82.8 Å². The summed E-state index contributed by atoms with van der Waals surface area (Å²) in [6.07, 6.45) is 4.11. The number of nitrogens with zero attached hydrogens (tertiary/aromatic N) is 1. The minimum atomic E-state index is -2.02. The Morgan fingerprint density at radius 2 is 1.59 bits per heavy atom. The van der Waals surface area contributed by atoms with Gasteiger partial charge in [0.25, 0.3) is 0 Å². The second-order valence-corrected chi connectivity index (χ2v) is 15.3. The Hall–Kier alpha value is -2.11. The zero-order valence-electron chi connectivity index (χ0n) is 21.0. The molecule has 0 radical (unpaired) electrons. The first-order valence-corrected chi connectivity index (χ1v) is 14.3. The topological polar surface area (TPSA) is 39.2 Å². The van der Waals surface area contributed by atoms with Gasteiger partial charge in [-0.2, -0.15) is 0 Å². The van der Waals surface area contributed by atoms with Gasteiger partial charge in [-0.1, -0.05) is 60.6 Å². The van der Waals surface area contributed by atoms with Gasteiger partial charge < -0.3 is 4.43 Å². The van der Waals surface area contributed by atoms with Gasteiger partial charge in [-0.05, 0) is 65.4 Å². The molecule has 5 heteroatoms. The quantitative estimate of drug-likeness (QED) is 0.231. The predicted octanol–water partition coefficient (Wildman–Crippen LogP) is 7.87. The van der Waals surface area contributed by atoms with E-state index in [1.165, 1.54) is 18.2 Å². The van der Waals surface area contributed by atoms with Crippen molar-refractivity contribution in [2.75, 3.05) is 0 Å². The van der Waals surface area contributed by atoms with E-state index >= 15 is 0 Å². The molecule has 1 aromatic carbocycles. The number of rotatable bonds is 8. The van der Waals surface area contributed by atoms with E-state index in [9.17, 15) is 9.18 Å². The Kier molecular flexibility index (Phi) is 8.35. The number of carbonyl (C=O) groups is 1. The molecule has 2 aromatic rings. The summed E-state index contributed by atoms with van der Waals surface area (Å²) >= 11 is 0. The molecule has 0 aliphatic heterocycles. The molecule has 32 heavy (non-hydrogen) atoms. The number of aromatic nitrogens is 1. The maximum absolute atomic E-state index is 13.8. The smallest absolute Gasteiger partial charge is 0.192 e. The number of benzene rings is 1. The monoisotopic (exact) mass is 455 g/mol. The van der Waals surface area contributed by atoms with E-state index < -0.39 is 8.32 Å². The minimum Gasteiger partial charge on any atom is -0.412 e. The number of hydrogen-bond donors (Lipinski definition) is 0. The van der Waals surface area contributed by atoms with Crippen molar-refractivity contribution in [3.05, 3.63) is 58.7 Å². The van der Waals surface area contributed by atoms with Gasteiger partial charge in [0.05, 0.1) is 12.3 Å². The van der Waals surface area contributed by atoms with E-state index in [0.717, 1.165) is 39.9 Å². The highest BCUT2D eigenvalue weighted by Crippen LogP contribution is 2.41. The molecular formula is C27H38FNO2Si. The Balaban J connectivity index is 2.87. The summed E-state index contributed by atoms with van der Waals surface area (Å²) in [5, 5.41) is 0.0760. The third-order valence-corrected chi connectivity index (χ3v) is 10.8. The fraction of sp³-hybridized carbons (Fsp3) is 0.481. The van der Waals surface area contributed by atoms with Crippen LogP contribution in [-0.2, 0) is 15.8 Å². The number of carbonyl (C=O) groups excluding carboxylic acids is 1. The van der Waals surface area contributed by atoms with Crippen molar-refractivity contribution in [1.82, 2.24) is 4.98 Å². The third kappa shape index (κ3) is 5.81. The molecule has 0 spiro atoms. The molecule has 0 unspecified atom stereocenters. The molecule has 0 saturated heterocycles. The molecule has 0 saturated carbocycles. The van der Waals surface area contributed by atoms with Crippen LogP contribution in [0.4, 0.5) is 4.39 Å². The molecule has 174 valence electrons. The lowest BCUT2D eigenvalue weighted by Gasteiger charge is -2.37. The molecule has 0 N–H and O–H groups in total. The third-order valence-electron chi connectivity index (χ3n) is 6.35. The molecule has 1 heterocycles. The number of halogens is 1. The van der Waals surface area contributed by atoms with Crippen molar-refractivity contribution in [2.24, 2.45) is 0 Å². The summed E-state index contributed by atoms with van der Waals surface area (Å²) in [7, 11) is -2.02. The molecule has 3 nitrogen and oxygen atoms in total. The van der Waals surface area contributed by atoms with Gasteiger partial charge in [0, 0.05) is 16.8 Å². The first-order chi connectivity index (χ1) is 14.8. The Morgan fingerprint density at radius 1 is 1.03 bits per heavy atom. The van der Waals surface area contributed by atoms with Crippen LogP contribution < -0.4 is 0 Å². The molecule has 0 aliphatic rings. The lowest BCUT2D eigenvalue weighted by molar-refractivity contribution is -0.104. The Labute approximate surface area is 194 Å². The van der Waals surface area contributed by atoms with Crippen LogP contribution in [0.3, 0.4) is 0 Å². The molecule has 0 aliphatic carbocycles. The molecule has 0 atom stereocenters. The first-order valence-electron chi connectivity index (χ1n) is 11.4. The molecule has 0 amide bonds. The van der Waals surface area contributed by atoms with E-state index in [2.05, 4.69) is 61.6 Å². The molecular weight excluding hydrogens is 417 g/mol. The van der Waals surface area contributed by atoms with Gasteiger partial charge in [-0.3, -0.25) is 9.78 Å². The summed E-state index contributed by atoms with van der Waals surface area (Å²) in [5.74, 6) is 0.0715. The second-order valence-electron chi connectivity index (χ2n) is 10.5. The zero-order valence-corrected chi connectivity index (χ0v) is 22.0. The van der Waals surface area contributed by atoms with Gasteiger partial charge in [-0.25, -0.2) is 4.39 Å². The summed E-state index contributed by atoms with van der Waals surface area (Å²) in [6.45, 7) is 20.1. The van der Waals surface area contributed by atoms with Crippen LogP contribution in [0.25, 0.3) is 17.2 Å². The van der Waals surface area contributed by atoms with Crippen LogP contribution in [-0.4, -0.2) is 19.6 Å². The predicted molar refractivity (Wildman–Crippen MR) is 135 cm³/mol. The normalized spacial score (nSPS) is 12.9. The lowest BCUT2D eigenvalue weighted by Crippen LogP contribution is -2.40. The van der Waals surface area contributed by atoms with Crippen molar-refractivity contribution in [1.29, 1.82) is 0 Å². The fourth-order valence-corrected chi connectivity index (χ4v) is 4.40. The molecule has 0 fully saturated rings. The average Bonchev–Trinajstić information content (AvgIpc) is 2.69. The van der Waals surface area contributed by atoms with Crippen LogP contribution in [0, 0.1) is 5.82 Å². The zero-order chi connectivity index (χ0) is 24.3. The summed E-state index contributed by atoms with van der Waals surface area (Å²) in [6, 6.07) is 6.55. The van der Waals surface area contributed by atoms with Crippen LogP contribution in [0.2, 0.25) is 18.1 Å². The van der Waals surface area contributed by atoms with Crippen molar-refractivity contribution < 1.29 is 13.6 Å². The highest BCUT2D eigenvalue weighted by molar-refractivity contribution is 6.74. The number of pyridine rings is 1. The lowest BCUT2D eigenvalue weighted by atomic mass is 9.87. The maximum Gasteiger partial charge on any atom is 0.192 e. The van der Waals surface area contributed by atoms with E-state index in [-0.39, 0.29) is 22.7 Å². The van der Waals surface area contributed by atoms with Crippen molar-refractivity contribution in [3.8, 4) is 11.1 Å². The largest absolute Gasteiger partial charge is 0.412 e. The van der Waals surface area contributed by atoms with E-state index in [1.54, 1.807) is 12.1 Å². The van der Waals surface area contributed by atoms with Crippen LogP contribution in [0.15, 0.2) is 30.3 Å². The summed E-state index contributed by atoms with van der Waals surface area (Å²) < 4.78 is 20.4. The van der Waals surface area contributed by atoms with Crippen LogP contribution >= 0.6 is 0 Å². The van der Waals surface area contributed by atoms with Gasteiger partial charge >= 0.3 is 0 Å². The van der Waals surface area contributed by atoms with E-state index in [1.807, 2.05) is 6.08 Å². The number of allylic oxidation sites excluding steroid dienone is 1. The Bertz CT molecular complexity index is 971. The molecule has 2 rings (SSSR count). The fourth-order valence-electron chi connectivity index (χ4n) is 3.46. The first kappa shape index (κ1) is 26.1. The summed E-state index contributed by atoms with van der Waals surface area (Å²) in [4.78, 5) is 16.3. The number of hydrogen-bond acceptors (Lipinski definition) is 3. The maximum atomic E-state index is 13.8. The minimum absolute atomic E-state index is 0.0760. The standard InChI is InChI=1S/C27H38FNO2Si/c1-18(2)25-22(11-10-16-30)24(20-12-14-21(28)15-13-20)23(26(29-25)19(3)4)17-31-32(8,9)27(5,6)7/h10-16,18-19H,17H2,1-9H3/b11-10+. The summed E-state index contributed by atoms with van der Waals surface area (Å²) in [5.41, 5.74) is 5.72. The SMILES string of the molecule is CC(C)c1nc(C(C)C)c(CO[Si](C)(C)C(C)(C)C)c(-c2ccc(F)cc2)c1/C=C/C=O. The van der Waals surface area contributed by atoms with Crippen molar-refractivity contribution in [3.63, 3.8) is 0 Å². The highest BCUT2D eigenvalue weighted by atomic mass is 28.4. The highest BCUT2D eigenvalue weighted by Gasteiger charge is 2.37. The number of aldehydes is 1. The molecule has 0 bridgehead atoms. The van der Waals surface area contributed by atoms with Gasteiger partial charge in [0.15, 0.2) is 8.32 Å². The van der Waals surface area contributed by atoms with Gasteiger partial charge in [0.1, 0.15) is 12.1 Å². The van der Waals surface area contributed by atoms with Crippen molar-refractivity contribution in [2.45, 2.75) is 85.0 Å².